The standard InChI is InChI=1S/C11H17N5S/c1-2-4-9-14-10(16-15-9)6-3-5-8-7-17-11(12)13-8/h7H,2-6H2,1H3,(H2,12,13)(H,14,15,16). The van der Waals surface area contributed by atoms with Crippen molar-refractivity contribution in [3.05, 3.63) is 22.7 Å². The number of anilines is 1. The number of nitrogen functional groups attached to an aromatic ring is 1. The highest BCUT2D eigenvalue weighted by molar-refractivity contribution is 7.13. The van der Waals surface area contributed by atoms with Crippen LogP contribution in [0.2, 0.25) is 0 Å². The van der Waals surface area contributed by atoms with Crippen LogP contribution in [0.3, 0.4) is 0 Å². The van der Waals surface area contributed by atoms with Gasteiger partial charge in [0.25, 0.3) is 0 Å². The van der Waals surface area contributed by atoms with Gasteiger partial charge in [0, 0.05) is 18.2 Å². The van der Waals surface area contributed by atoms with E-state index in [-0.39, 0.29) is 0 Å². The molecule has 2 heterocycles. The first-order chi connectivity index (χ1) is 8.28. The molecule has 17 heavy (non-hydrogen) atoms. The first kappa shape index (κ1) is 12.0. The van der Waals surface area contributed by atoms with Gasteiger partial charge in [0.05, 0.1) is 5.69 Å². The van der Waals surface area contributed by atoms with E-state index < -0.39 is 0 Å². The number of rotatable bonds is 6. The lowest BCUT2D eigenvalue weighted by molar-refractivity contribution is 0.764. The number of nitrogens with two attached hydrogens (primary N) is 1. The SMILES string of the molecule is CCCc1nc(CCCc2csc(N)n2)n[nH]1. The van der Waals surface area contributed by atoms with Crippen molar-refractivity contribution in [3.8, 4) is 0 Å². The zero-order valence-electron chi connectivity index (χ0n) is 9.94. The molecule has 5 nitrogen and oxygen atoms in total. The Kier molecular flexibility index (Phi) is 4.08. The predicted octanol–water partition coefficient (Wildman–Crippen LogP) is 1.97. The van der Waals surface area contributed by atoms with Crippen molar-refractivity contribution in [2.75, 3.05) is 5.73 Å². The van der Waals surface area contributed by atoms with Crippen molar-refractivity contribution in [2.24, 2.45) is 0 Å². The fourth-order valence-corrected chi connectivity index (χ4v) is 2.26. The highest BCUT2D eigenvalue weighted by atomic mass is 32.1. The van der Waals surface area contributed by atoms with Gasteiger partial charge in [0.1, 0.15) is 5.82 Å². The second kappa shape index (κ2) is 5.77. The Hall–Kier alpha value is -1.43. The molecule has 92 valence electrons. The third-order valence-corrected chi connectivity index (χ3v) is 3.19. The molecule has 2 rings (SSSR count). The Morgan fingerprint density at radius 1 is 1.29 bits per heavy atom. The lowest BCUT2D eigenvalue weighted by Gasteiger charge is -1.94. The fourth-order valence-electron chi connectivity index (χ4n) is 1.66. The Labute approximate surface area is 104 Å². The van der Waals surface area contributed by atoms with Crippen LogP contribution in [-0.4, -0.2) is 20.2 Å². The molecular weight excluding hydrogens is 234 g/mol. The summed E-state index contributed by atoms with van der Waals surface area (Å²) in [6.45, 7) is 2.13. The third-order valence-electron chi connectivity index (χ3n) is 2.47. The topological polar surface area (TPSA) is 80.5 Å². The van der Waals surface area contributed by atoms with Gasteiger partial charge in [0.15, 0.2) is 11.0 Å². The summed E-state index contributed by atoms with van der Waals surface area (Å²) >= 11 is 1.49. The molecule has 0 aliphatic rings. The first-order valence-electron chi connectivity index (χ1n) is 5.88. The van der Waals surface area contributed by atoms with Crippen LogP contribution >= 0.6 is 11.3 Å². The average Bonchev–Trinajstić information content (AvgIpc) is 2.89. The second-order valence-corrected chi connectivity index (χ2v) is 4.87. The fraction of sp³-hybridized carbons (Fsp3) is 0.545. The molecular formula is C11H17N5S. The average molecular weight is 251 g/mol. The van der Waals surface area contributed by atoms with E-state index in [9.17, 15) is 0 Å². The molecule has 2 aromatic rings. The molecule has 0 spiro atoms. The summed E-state index contributed by atoms with van der Waals surface area (Å²) < 4.78 is 0. The maximum atomic E-state index is 5.58. The van der Waals surface area contributed by atoms with Gasteiger partial charge in [-0.15, -0.1) is 11.3 Å². The van der Waals surface area contributed by atoms with Gasteiger partial charge in [-0.1, -0.05) is 6.92 Å². The summed E-state index contributed by atoms with van der Waals surface area (Å²) in [6.07, 6.45) is 4.89. The Morgan fingerprint density at radius 3 is 2.88 bits per heavy atom. The van der Waals surface area contributed by atoms with Gasteiger partial charge in [-0.2, -0.15) is 5.10 Å². The zero-order valence-corrected chi connectivity index (χ0v) is 10.8. The largest absolute Gasteiger partial charge is 0.375 e. The number of hydrogen-bond donors (Lipinski definition) is 2. The van der Waals surface area contributed by atoms with Gasteiger partial charge >= 0.3 is 0 Å². The van der Waals surface area contributed by atoms with Crippen LogP contribution in [0.15, 0.2) is 5.38 Å². The van der Waals surface area contributed by atoms with Crippen molar-refractivity contribution in [1.82, 2.24) is 20.2 Å². The zero-order chi connectivity index (χ0) is 12.1. The summed E-state index contributed by atoms with van der Waals surface area (Å²) in [5, 5.41) is 9.81. The number of nitrogens with one attached hydrogen (secondary N) is 1. The van der Waals surface area contributed by atoms with Gasteiger partial charge in [-0.3, -0.25) is 5.10 Å². The molecule has 0 saturated heterocycles. The van der Waals surface area contributed by atoms with E-state index in [0.717, 1.165) is 49.4 Å². The van der Waals surface area contributed by atoms with E-state index in [1.807, 2.05) is 5.38 Å². The van der Waals surface area contributed by atoms with Crippen LogP contribution in [0.4, 0.5) is 5.13 Å². The van der Waals surface area contributed by atoms with E-state index in [4.69, 9.17) is 5.73 Å². The van der Waals surface area contributed by atoms with Crippen molar-refractivity contribution < 1.29 is 0 Å². The number of aromatic nitrogens is 4. The molecule has 0 aliphatic heterocycles. The van der Waals surface area contributed by atoms with Gasteiger partial charge in [-0.25, -0.2) is 9.97 Å². The number of hydrogen-bond acceptors (Lipinski definition) is 5. The van der Waals surface area contributed by atoms with Gasteiger partial charge in [0.2, 0.25) is 0 Å². The van der Waals surface area contributed by atoms with Crippen molar-refractivity contribution in [3.63, 3.8) is 0 Å². The second-order valence-electron chi connectivity index (χ2n) is 3.98. The van der Waals surface area contributed by atoms with Crippen molar-refractivity contribution in [2.45, 2.75) is 39.0 Å². The monoisotopic (exact) mass is 251 g/mol. The maximum absolute atomic E-state index is 5.58. The minimum Gasteiger partial charge on any atom is -0.375 e. The molecule has 0 aromatic carbocycles. The summed E-state index contributed by atoms with van der Waals surface area (Å²) in [7, 11) is 0. The highest BCUT2D eigenvalue weighted by Crippen LogP contribution is 2.13. The van der Waals surface area contributed by atoms with Crippen LogP contribution < -0.4 is 5.73 Å². The molecule has 0 bridgehead atoms. The normalized spacial score (nSPS) is 10.9. The first-order valence-corrected chi connectivity index (χ1v) is 6.76. The van der Waals surface area contributed by atoms with Crippen LogP contribution in [0.5, 0.6) is 0 Å². The minimum atomic E-state index is 0.642. The molecule has 3 N–H and O–H groups in total. The van der Waals surface area contributed by atoms with E-state index in [2.05, 4.69) is 27.1 Å². The number of aromatic amines is 1. The van der Waals surface area contributed by atoms with Crippen LogP contribution in [0.1, 0.15) is 37.1 Å². The summed E-state index contributed by atoms with van der Waals surface area (Å²) in [5.74, 6) is 1.89. The molecule has 0 unspecified atom stereocenters. The predicted molar refractivity (Wildman–Crippen MR) is 68.9 cm³/mol. The molecule has 0 aliphatic carbocycles. The third kappa shape index (κ3) is 3.52. The quantitative estimate of drug-likeness (QED) is 0.822. The lowest BCUT2D eigenvalue weighted by atomic mass is 10.2. The van der Waals surface area contributed by atoms with E-state index in [0.29, 0.717) is 5.13 Å². The molecule has 6 heteroatoms. The number of nitrogens with zero attached hydrogens (tertiary/aromatic N) is 3. The van der Waals surface area contributed by atoms with Crippen LogP contribution in [0, 0.1) is 0 Å². The Bertz CT molecular complexity index is 462. The molecule has 0 radical (unpaired) electrons. The summed E-state index contributed by atoms with van der Waals surface area (Å²) in [4.78, 5) is 8.65. The Balaban J connectivity index is 1.77. The number of aryl methyl sites for hydroxylation is 3. The highest BCUT2D eigenvalue weighted by Gasteiger charge is 2.04. The lowest BCUT2D eigenvalue weighted by Crippen LogP contribution is -1.93. The van der Waals surface area contributed by atoms with E-state index >= 15 is 0 Å². The number of H-pyrrole nitrogens is 1. The number of thiazole rings is 1. The Morgan fingerprint density at radius 2 is 2.18 bits per heavy atom. The molecule has 2 aromatic heterocycles. The minimum absolute atomic E-state index is 0.642. The van der Waals surface area contributed by atoms with Gasteiger partial charge < -0.3 is 5.73 Å². The summed E-state index contributed by atoms with van der Waals surface area (Å²) in [6, 6.07) is 0. The molecule has 0 atom stereocenters. The van der Waals surface area contributed by atoms with Gasteiger partial charge in [-0.05, 0) is 19.3 Å². The van der Waals surface area contributed by atoms with Crippen LogP contribution in [-0.2, 0) is 19.3 Å². The van der Waals surface area contributed by atoms with Crippen molar-refractivity contribution >= 4 is 16.5 Å². The summed E-state index contributed by atoms with van der Waals surface area (Å²) in [5.41, 5.74) is 6.64. The van der Waals surface area contributed by atoms with Crippen LogP contribution in [0.25, 0.3) is 0 Å². The smallest absolute Gasteiger partial charge is 0.180 e. The molecule has 0 fully saturated rings. The van der Waals surface area contributed by atoms with E-state index in [1.54, 1.807) is 0 Å². The molecule has 0 saturated carbocycles. The van der Waals surface area contributed by atoms with E-state index in [1.165, 1.54) is 11.3 Å². The maximum Gasteiger partial charge on any atom is 0.180 e. The van der Waals surface area contributed by atoms with Crippen molar-refractivity contribution in [1.29, 1.82) is 0 Å². The molecule has 0 amide bonds.